The van der Waals surface area contributed by atoms with Crippen LogP contribution >= 0.6 is 0 Å². The van der Waals surface area contributed by atoms with Crippen LogP contribution in [-0.2, 0) is 16.0 Å². The van der Waals surface area contributed by atoms with Gasteiger partial charge in [0, 0.05) is 19.7 Å². The van der Waals surface area contributed by atoms with E-state index < -0.39 is 0 Å². The van der Waals surface area contributed by atoms with Crippen molar-refractivity contribution in [3.05, 3.63) is 12.0 Å². The van der Waals surface area contributed by atoms with Crippen molar-refractivity contribution in [1.82, 2.24) is 10.3 Å². The van der Waals surface area contributed by atoms with Gasteiger partial charge in [-0.25, -0.2) is 0 Å². The van der Waals surface area contributed by atoms with E-state index in [0.717, 1.165) is 12.2 Å². The predicted octanol–water partition coefficient (Wildman–Crippen LogP) is 0.968. The first-order valence-electron chi connectivity index (χ1n) is 6.26. The molecule has 1 saturated carbocycles. The van der Waals surface area contributed by atoms with Gasteiger partial charge in [0.15, 0.2) is 0 Å². The summed E-state index contributed by atoms with van der Waals surface area (Å²) < 4.78 is 20.6. The van der Waals surface area contributed by atoms with Gasteiger partial charge in [-0.2, -0.15) is 4.98 Å². The van der Waals surface area contributed by atoms with E-state index in [1.165, 1.54) is 12.8 Å². The number of oxazole rings is 1. The molecule has 18 heavy (non-hydrogen) atoms. The van der Waals surface area contributed by atoms with Crippen molar-refractivity contribution in [2.24, 2.45) is 0 Å². The fourth-order valence-corrected chi connectivity index (χ4v) is 1.40. The van der Waals surface area contributed by atoms with Crippen LogP contribution in [0.3, 0.4) is 0 Å². The van der Waals surface area contributed by atoms with Gasteiger partial charge >= 0.3 is 6.08 Å². The Hall–Kier alpha value is -1.11. The molecule has 6 nitrogen and oxygen atoms in total. The SMILES string of the molecule is COCCOCCOc1nc(CNC2CC2)co1. The number of nitrogens with zero attached hydrogens (tertiary/aromatic N) is 1. The van der Waals surface area contributed by atoms with Gasteiger partial charge in [0.05, 0.1) is 25.5 Å². The van der Waals surface area contributed by atoms with Crippen LogP contribution in [0.1, 0.15) is 18.5 Å². The molecule has 0 aromatic carbocycles. The van der Waals surface area contributed by atoms with E-state index in [2.05, 4.69) is 10.3 Å². The molecule has 0 unspecified atom stereocenters. The van der Waals surface area contributed by atoms with Crippen molar-refractivity contribution in [2.45, 2.75) is 25.4 Å². The Labute approximate surface area is 107 Å². The molecule has 1 heterocycles. The van der Waals surface area contributed by atoms with Gasteiger partial charge in [0.2, 0.25) is 0 Å². The van der Waals surface area contributed by atoms with Gasteiger partial charge in [0.1, 0.15) is 12.9 Å². The standard InChI is InChI=1S/C12H20N2O4/c1-15-4-5-16-6-7-17-12-14-11(9-18-12)8-13-10-2-3-10/h9-10,13H,2-8H2,1H3. The van der Waals surface area contributed by atoms with Crippen molar-refractivity contribution in [2.75, 3.05) is 33.5 Å². The Kier molecular flexibility index (Phi) is 5.44. The minimum Gasteiger partial charge on any atom is -0.448 e. The highest BCUT2D eigenvalue weighted by atomic mass is 16.6. The van der Waals surface area contributed by atoms with Crippen molar-refractivity contribution < 1.29 is 18.6 Å². The van der Waals surface area contributed by atoms with Crippen LogP contribution in [0.5, 0.6) is 6.08 Å². The van der Waals surface area contributed by atoms with E-state index in [1.54, 1.807) is 13.4 Å². The van der Waals surface area contributed by atoms with Crippen molar-refractivity contribution in [1.29, 1.82) is 0 Å². The number of rotatable bonds is 10. The smallest absolute Gasteiger partial charge is 0.393 e. The van der Waals surface area contributed by atoms with Gasteiger partial charge < -0.3 is 23.9 Å². The zero-order valence-corrected chi connectivity index (χ0v) is 10.7. The van der Waals surface area contributed by atoms with Gasteiger partial charge in [-0.05, 0) is 12.8 Å². The van der Waals surface area contributed by atoms with E-state index in [4.69, 9.17) is 18.6 Å². The summed E-state index contributed by atoms with van der Waals surface area (Å²) >= 11 is 0. The molecule has 1 N–H and O–H groups in total. The third-order valence-corrected chi connectivity index (χ3v) is 2.56. The van der Waals surface area contributed by atoms with Crippen LogP contribution in [0.25, 0.3) is 0 Å². The van der Waals surface area contributed by atoms with Crippen molar-refractivity contribution >= 4 is 0 Å². The zero-order valence-electron chi connectivity index (χ0n) is 10.7. The third-order valence-electron chi connectivity index (χ3n) is 2.56. The molecule has 0 aliphatic heterocycles. The summed E-state index contributed by atoms with van der Waals surface area (Å²) in [4.78, 5) is 4.21. The average Bonchev–Trinajstić information content (AvgIpc) is 3.11. The molecule has 1 aliphatic carbocycles. The number of aromatic nitrogens is 1. The molecule has 1 aromatic rings. The van der Waals surface area contributed by atoms with Gasteiger partial charge in [-0.3, -0.25) is 0 Å². The molecule has 0 saturated heterocycles. The summed E-state index contributed by atoms with van der Waals surface area (Å²) in [6, 6.07) is 0.667. The van der Waals surface area contributed by atoms with Crippen molar-refractivity contribution in [3.63, 3.8) is 0 Å². The van der Waals surface area contributed by atoms with Crippen LogP contribution in [0, 0.1) is 0 Å². The number of methoxy groups -OCH3 is 1. The van der Waals surface area contributed by atoms with Gasteiger partial charge in [-0.15, -0.1) is 0 Å². The Bertz CT molecular complexity index is 339. The molecule has 0 amide bonds. The van der Waals surface area contributed by atoms with E-state index >= 15 is 0 Å². The lowest BCUT2D eigenvalue weighted by Crippen LogP contribution is -2.15. The molecule has 0 spiro atoms. The van der Waals surface area contributed by atoms with Crippen LogP contribution in [0.15, 0.2) is 10.7 Å². The lowest BCUT2D eigenvalue weighted by Gasteiger charge is -2.03. The summed E-state index contributed by atoms with van der Waals surface area (Å²) in [6.07, 6.45) is 4.45. The lowest BCUT2D eigenvalue weighted by atomic mass is 10.5. The first kappa shape index (κ1) is 13.3. The highest BCUT2D eigenvalue weighted by Gasteiger charge is 2.20. The fraction of sp³-hybridized carbons (Fsp3) is 0.750. The maximum atomic E-state index is 5.32. The molecule has 2 rings (SSSR count). The van der Waals surface area contributed by atoms with Gasteiger partial charge in [-0.1, -0.05) is 0 Å². The van der Waals surface area contributed by atoms with Crippen molar-refractivity contribution in [3.8, 4) is 6.08 Å². The second kappa shape index (κ2) is 7.35. The van der Waals surface area contributed by atoms with Crippen LogP contribution in [-0.4, -0.2) is 44.6 Å². The normalized spacial score (nSPS) is 14.9. The highest BCUT2D eigenvalue weighted by molar-refractivity contribution is 5.00. The molecule has 102 valence electrons. The fourth-order valence-electron chi connectivity index (χ4n) is 1.40. The summed E-state index contributed by atoms with van der Waals surface area (Å²) in [7, 11) is 1.64. The summed E-state index contributed by atoms with van der Waals surface area (Å²) in [5, 5.41) is 3.36. The first-order chi connectivity index (χ1) is 8.88. The molecular formula is C12H20N2O4. The number of hydrogen-bond acceptors (Lipinski definition) is 6. The number of ether oxygens (including phenoxy) is 3. The monoisotopic (exact) mass is 256 g/mol. The number of hydrogen-bond donors (Lipinski definition) is 1. The van der Waals surface area contributed by atoms with E-state index in [9.17, 15) is 0 Å². The molecule has 0 atom stereocenters. The molecular weight excluding hydrogens is 236 g/mol. The Morgan fingerprint density at radius 1 is 1.33 bits per heavy atom. The zero-order chi connectivity index (χ0) is 12.6. The Morgan fingerprint density at radius 3 is 2.94 bits per heavy atom. The van der Waals surface area contributed by atoms with E-state index in [0.29, 0.717) is 38.5 Å². The summed E-state index contributed by atoms with van der Waals surface area (Å²) in [5.74, 6) is 0. The quantitative estimate of drug-likeness (QED) is 0.629. The predicted molar refractivity (Wildman–Crippen MR) is 64.6 cm³/mol. The Morgan fingerprint density at radius 2 is 2.17 bits per heavy atom. The third kappa shape index (κ3) is 5.03. The lowest BCUT2D eigenvalue weighted by molar-refractivity contribution is 0.0489. The molecule has 6 heteroatoms. The minimum atomic E-state index is 0.304. The highest BCUT2D eigenvalue weighted by Crippen LogP contribution is 2.19. The maximum absolute atomic E-state index is 5.32. The average molecular weight is 256 g/mol. The Balaban J connectivity index is 1.54. The van der Waals surface area contributed by atoms with Crippen LogP contribution < -0.4 is 10.1 Å². The molecule has 1 aromatic heterocycles. The van der Waals surface area contributed by atoms with Gasteiger partial charge in [0.25, 0.3) is 0 Å². The molecule has 1 fully saturated rings. The topological polar surface area (TPSA) is 65.8 Å². The molecule has 1 aliphatic rings. The second-order valence-electron chi connectivity index (χ2n) is 4.21. The first-order valence-corrected chi connectivity index (χ1v) is 6.26. The van der Waals surface area contributed by atoms with E-state index in [1.807, 2.05) is 0 Å². The molecule has 0 radical (unpaired) electrons. The maximum Gasteiger partial charge on any atom is 0.393 e. The second-order valence-corrected chi connectivity index (χ2v) is 4.21. The summed E-state index contributed by atoms with van der Waals surface area (Å²) in [5.41, 5.74) is 0.872. The number of nitrogens with one attached hydrogen (secondary N) is 1. The summed E-state index contributed by atoms with van der Waals surface area (Å²) in [6.45, 7) is 2.83. The van der Waals surface area contributed by atoms with E-state index in [-0.39, 0.29) is 0 Å². The molecule has 0 bridgehead atoms. The minimum absolute atomic E-state index is 0.304. The van der Waals surface area contributed by atoms with Crippen LogP contribution in [0.4, 0.5) is 0 Å². The van der Waals surface area contributed by atoms with Crippen LogP contribution in [0.2, 0.25) is 0 Å². The largest absolute Gasteiger partial charge is 0.448 e.